The summed E-state index contributed by atoms with van der Waals surface area (Å²) >= 11 is 5.73. The Morgan fingerprint density at radius 1 is 1.57 bits per heavy atom. The number of rotatable bonds is 1. The van der Waals surface area contributed by atoms with E-state index in [2.05, 4.69) is 10.1 Å². The highest BCUT2D eigenvalue weighted by atomic mass is 35.5. The molecule has 1 aromatic rings. The lowest BCUT2D eigenvalue weighted by Gasteiger charge is -2.12. The largest absolute Gasteiger partial charge is 0.385 e. The lowest BCUT2D eigenvalue weighted by molar-refractivity contribution is 0.764. The van der Waals surface area contributed by atoms with Crippen molar-refractivity contribution in [1.29, 1.82) is 0 Å². The van der Waals surface area contributed by atoms with E-state index >= 15 is 0 Å². The summed E-state index contributed by atoms with van der Waals surface area (Å²) in [5.74, 6) is 1.72. The third-order valence-electron chi connectivity index (χ3n) is 2.16. The zero-order valence-corrected chi connectivity index (χ0v) is 8.57. The molecular weight excluding hydrogens is 200 g/mol. The fourth-order valence-corrected chi connectivity index (χ4v) is 1.41. The number of hydrogen-bond donors (Lipinski definition) is 1. The van der Waals surface area contributed by atoms with Crippen LogP contribution >= 0.6 is 11.6 Å². The van der Waals surface area contributed by atoms with Gasteiger partial charge in [-0.25, -0.2) is 9.99 Å². The van der Waals surface area contributed by atoms with Crippen LogP contribution < -0.4 is 10.7 Å². The zero-order chi connectivity index (χ0) is 10.1. The Kier molecular flexibility index (Phi) is 2.29. The topological polar surface area (TPSA) is 54.5 Å². The molecule has 14 heavy (non-hydrogen) atoms. The van der Waals surface area contributed by atoms with Crippen LogP contribution in [0, 0.1) is 5.92 Å². The fourth-order valence-electron chi connectivity index (χ4n) is 1.30. The van der Waals surface area contributed by atoms with Crippen LogP contribution in [-0.2, 0) is 0 Å². The Morgan fingerprint density at radius 3 is 2.86 bits per heavy atom. The summed E-state index contributed by atoms with van der Waals surface area (Å²) in [7, 11) is 0. The van der Waals surface area contributed by atoms with Crippen molar-refractivity contribution in [3.63, 3.8) is 0 Å². The third kappa shape index (κ3) is 1.65. The first-order chi connectivity index (χ1) is 6.66. The second-order valence-electron chi connectivity index (χ2n) is 3.34. The van der Waals surface area contributed by atoms with Crippen molar-refractivity contribution in [1.82, 2.24) is 4.98 Å². The van der Waals surface area contributed by atoms with Crippen LogP contribution in [0.1, 0.15) is 6.92 Å². The first-order valence-corrected chi connectivity index (χ1v) is 4.77. The molecule has 1 atom stereocenters. The first kappa shape index (κ1) is 9.27. The van der Waals surface area contributed by atoms with E-state index in [4.69, 9.17) is 17.3 Å². The Bertz CT molecular complexity index is 360. The van der Waals surface area contributed by atoms with Gasteiger partial charge in [-0.05, 0) is 12.1 Å². The van der Waals surface area contributed by atoms with E-state index in [1.807, 2.05) is 13.0 Å². The molecule has 2 heterocycles. The lowest BCUT2D eigenvalue weighted by atomic mass is 10.2. The molecule has 0 amide bonds. The van der Waals surface area contributed by atoms with Crippen molar-refractivity contribution in [2.75, 3.05) is 11.6 Å². The SMILES string of the molecule is CC1CN(c2ccc(Cl)cn2)N=C1N. The van der Waals surface area contributed by atoms with Gasteiger partial charge in [-0.2, -0.15) is 5.10 Å². The quantitative estimate of drug-likeness (QED) is 0.764. The second kappa shape index (κ2) is 3.46. The summed E-state index contributed by atoms with van der Waals surface area (Å²) in [5.41, 5.74) is 5.69. The molecule has 74 valence electrons. The minimum atomic E-state index is 0.285. The van der Waals surface area contributed by atoms with E-state index in [1.54, 1.807) is 17.3 Å². The molecule has 0 saturated heterocycles. The summed E-state index contributed by atoms with van der Waals surface area (Å²) in [4.78, 5) is 4.16. The van der Waals surface area contributed by atoms with Gasteiger partial charge in [-0.15, -0.1) is 0 Å². The molecule has 0 bridgehead atoms. The van der Waals surface area contributed by atoms with Crippen molar-refractivity contribution in [2.24, 2.45) is 16.8 Å². The number of pyridine rings is 1. The number of halogens is 1. The molecular formula is C9H11ClN4. The maximum Gasteiger partial charge on any atom is 0.148 e. The molecule has 2 rings (SSSR count). The van der Waals surface area contributed by atoms with Crippen molar-refractivity contribution >= 4 is 23.3 Å². The van der Waals surface area contributed by atoms with Crippen molar-refractivity contribution < 1.29 is 0 Å². The van der Waals surface area contributed by atoms with Crippen LogP contribution in [0.2, 0.25) is 5.02 Å². The minimum Gasteiger partial charge on any atom is -0.385 e. The molecule has 0 saturated carbocycles. The second-order valence-corrected chi connectivity index (χ2v) is 3.78. The summed E-state index contributed by atoms with van der Waals surface area (Å²) in [6.45, 7) is 2.81. The van der Waals surface area contributed by atoms with E-state index in [0.29, 0.717) is 10.9 Å². The average Bonchev–Trinajstić information content (AvgIpc) is 2.48. The number of nitrogens with two attached hydrogens (primary N) is 1. The van der Waals surface area contributed by atoms with Crippen LogP contribution in [0.5, 0.6) is 0 Å². The fraction of sp³-hybridized carbons (Fsp3) is 0.333. The monoisotopic (exact) mass is 210 g/mol. The first-order valence-electron chi connectivity index (χ1n) is 4.40. The lowest BCUT2D eigenvalue weighted by Crippen LogP contribution is -2.20. The number of hydrazone groups is 1. The van der Waals surface area contributed by atoms with Gasteiger partial charge in [0.1, 0.15) is 11.7 Å². The molecule has 0 aliphatic carbocycles. The third-order valence-corrected chi connectivity index (χ3v) is 2.39. The van der Waals surface area contributed by atoms with Gasteiger partial charge in [0.2, 0.25) is 0 Å². The summed E-state index contributed by atoms with van der Waals surface area (Å²) < 4.78 is 0. The van der Waals surface area contributed by atoms with E-state index in [1.165, 1.54) is 0 Å². The van der Waals surface area contributed by atoms with Gasteiger partial charge in [0.05, 0.1) is 11.6 Å². The molecule has 1 aliphatic heterocycles. The maximum atomic E-state index is 5.73. The highest BCUT2D eigenvalue weighted by Crippen LogP contribution is 2.19. The molecule has 1 aromatic heterocycles. The molecule has 0 aromatic carbocycles. The number of amidine groups is 1. The Balaban J connectivity index is 2.22. The molecule has 5 heteroatoms. The van der Waals surface area contributed by atoms with E-state index in [-0.39, 0.29) is 5.92 Å². The molecule has 4 nitrogen and oxygen atoms in total. The normalized spacial score (nSPS) is 21.1. The highest BCUT2D eigenvalue weighted by molar-refractivity contribution is 6.30. The highest BCUT2D eigenvalue weighted by Gasteiger charge is 2.21. The summed E-state index contributed by atoms with van der Waals surface area (Å²) in [5, 5.41) is 6.60. The van der Waals surface area contributed by atoms with E-state index in [9.17, 15) is 0 Å². The van der Waals surface area contributed by atoms with Crippen molar-refractivity contribution in [2.45, 2.75) is 6.92 Å². The van der Waals surface area contributed by atoms with Gasteiger partial charge in [0, 0.05) is 12.1 Å². The van der Waals surface area contributed by atoms with Crippen LogP contribution in [0.25, 0.3) is 0 Å². The van der Waals surface area contributed by atoms with Gasteiger partial charge in [-0.1, -0.05) is 18.5 Å². The van der Waals surface area contributed by atoms with Gasteiger partial charge in [0.25, 0.3) is 0 Å². The Hall–Kier alpha value is -1.29. The predicted octanol–water partition coefficient (Wildman–Crippen LogP) is 1.46. The number of aromatic nitrogens is 1. The van der Waals surface area contributed by atoms with Gasteiger partial charge in [-0.3, -0.25) is 0 Å². The smallest absolute Gasteiger partial charge is 0.148 e. The van der Waals surface area contributed by atoms with Gasteiger partial charge >= 0.3 is 0 Å². The van der Waals surface area contributed by atoms with Gasteiger partial charge < -0.3 is 5.73 Å². The zero-order valence-electron chi connectivity index (χ0n) is 7.81. The Morgan fingerprint density at radius 2 is 2.36 bits per heavy atom. The summed E-state index contributed by atoms with van der Waals surface area (Å²) in [6, 6.07) is 3.62. The molecule has 0 radical (unpaired) electrons. The standard InChI is InChI=1S/C9H11ClN4/c1-6-5-14(13-9(6)11)8-3-2-7(10)4-12-8/h2-4,6H,5H2,1H3,(H2,11,13). The van der Waals surface area contributed by atoms with E-state index < -0.39 is 0 Å². The Labute approximate surface area is 87.4 Å². The maximum absolute atomic E-state index is 5.73. The van der Waals surface area contributed by atoms with Crippen molar-refractivity contribution in [3.05, 3.63) is 23.4 Å². The van der Waals surface area contributed by atoms with E-state index in [0.717, 1.165) is 12.4 Å². The molecule has 0 spiro atoms. The van der Waals surface area contributed by atoms with Crippen LogP contribution in [-0.4, -0.2) is 17.4 Å². The predicted molar refractivity (Wildman–Crippen MR) is 57.4 cm³/mol. The van der Waals surface area contributed by atoms with Crippen LogP contribution in [0.4, 0.5) is 5.82 Å². The number of nitrogens with zero attached hydrogens (tertiary/aromatic N) is 3. The van der Waals surface area contributed by atoms with Crippen molar-refractivity contribution in [3.8, 4) is 0 Å². The molecule has 1 aliphatic rings. The molecule has 2 N–H and O–H groups in total. The minimum absolute atomic E-state index is 0.285. The van der Waals surface area contributed by atoms with Crippen LogP contribution in [0.3, 0.4) is 0 Å². The molecule has 0 fully saturated rings. The number of hydrogen-bond acceptors (Lipinski definition) is 4. The number of anilines is 1. The van der Waals surface area contributed by atoms with Crippen LogP contribution in [0.15, 0.2) is 23.4 Å². The van der Waals surface area contributed by atoms with Gasteiger partial charge in [0.15, 0.2) is 0 Å². The summed E-state index contributed by atoms with van der Waals surface area (Å²) in [6.07, 6.45) is 1.60. The molecule has 1 unspecified atom stereocenters. The average molecular weight is 211 g/mol.